The number of aryl methyl sites for hydroxylation is 1. The molecule has 1 aromatic heterocycles. The summed E-state index contributed by atoms with van der Waals surface area (Å²) in [6, 6.07) is 12.6. The number of anilines is 1. The number of amides is 1. The second-order valence-corrected chi connectivity index (χ2v) is 7.20. The molecule has 6 nitrogen and oxygen atoms in total. The van der Waals surface area contributed by atoms with Gasteiger partial charge in [-0.1, -0.05) is 41.3 Å². The first-order valence-electron chi connectivity index (χ1n) is 8.81. The summed E-state index contributed by atoms with van der Waals surface area (Å²) in [6.07, 6.45) is 0. The van der Waals surface area contributed by atoms with E-state index in [1.807, 2.05) is 36.9 Å². The first-order valence-corrected chi connectivity index (χ1v) is 9.57. The Morgan fingerprint density at radius 3 is 2.57 bits per heavy atom. The molecule has 0 saturated heterocycles. The molecule has 8 heteroatoms. The van der Waals surface area contributed by atoms with Crippen LogP contribution in [0.3, 0.4) is 0 Å². The van der Waals surface area contributed by atoms with Crippen molar-refractivity contribution in [2.24, 2.45) is 0 Å². The zero-order valence-corrected chi connectivity index (χ0v) is 17.1. The molecule has 146 valence electrons. The number of carbonyl (C=O) groups is 1. The molecule has 0 atom stereocenters. The average Bonchev–Trinajstić information content (AvgIpc) is 3.13. The van der Waals surface area contributed by atoms with Crippen LogP contribution in [0.4, 0.5) is 5.69 Å². The van der Waals surface area contributed by atoms with Crippen molar-refractivity contribution in [1.82, 2.24) is 15.0 Å². The predicted octanol–water partition coefficient (Wildman–Crippen LogP) is 4.81. The van der Waals surface area contributed by atoms with Crippen LogP contribution in [0.1, 0.15) is 18.4 Å². The smallest absolute Gasteiger partial charge is 0.241 e. The lowest BCUT2D eigenvalue weighted by molar-refractivity contribution is -0.117. The monoisotopic (exact) mass is 418 g/mol. The van der Waals surface area contributed by atoms with Crippen LogP contribution in [0.2, 0.25) is 10.0 Å². The lowest BCUT2D eigenvalue weighted by Crippen LogP contribution is -2.33. The van der Waals surface area contributed by atoms with Crippen molar-refractivity contribution in [3.8, 4) is 11.4 Å². The van der Waals surface area contributed by atoms with Gasteiger partial charge in [-0.05, 0) is 55.4 Å². The van der Waals surface area contributed by atoms with Crippen LogP contribution in [0.5, 0.6) is 0 Å². The summed E-state index contributed by atoms with van der Waals surface area (Å²) in [5.74, 6) is 0.796. The Morgan fingerprint density at radius 2 is 1.86 bits per heavy atom. The summed E-state index contributed by atoms with van der Waals surface area (Å²) in [7, 11) is 0. The Morgan fingerprint density at radius 1 is 1.14 bits per heavy atom. The third-order valence-electron chi connectivity index (χ3n) is 4.22. The topological polar surface area (TPSA) is 71.3 Å². The summed E-state index contributed by atoms with van der Waals surface area (Å²) in [5, 5.41) is 8.12. The maximum absolute atomic E-state index is 12.4. The number of benzene rings is 2. The Hall–Kier alpha value is -2.41. The van der Waals surface area contributed by atoms with Crippen molar-refractivity contribution >= 4 is 34.8 Å². The molecule has 0 aliphatic heterocycles. The number of nitrogens with zero attached hydrogens (tertiary/aromatic N) is 3. The van der Waals surface area contributed by atoms with E-state index in [0.29, 0.717) is 40.5 Å². The first kappa shape index (κ1) is 20.3. The third kappa shape index (κ3) is 5.32. The number of halogens is 2. The number of hydrogen-bond acceptors (Lipinski definition) is 5. The van der Waals surface area contributed by atoms with Gasteiger partial charge in [0.2, 0.25) is 17.6 Å². The lowest BCUT2D eigenvalue weighted by Gasteiger charge is -2.18. The van der Waals surface area contributed by atoms with E-state index in [-0.39, 0.29) is 12.5 Å². The van der Waals surface area contributed by atoms with Crippen LogP contribution in [0, 0.1) is 6.92 Å². The number of rotatable bonds is 7. The standard InChI is InChI=1S/C20H20Cl2N4O2/c1-3-26(11-18(27)23-17-10-16(22)7-4-13(17)2)12-19-24-20(25-28-19)14-5-8-15(21)9-6-14/h4-10H,3,11-12H2,1-2H3,(H,23,27). The second-order valence-electron chi connectivity index (χ2n) is 6.33. The van der Waals surface area contributed by atoms with E-state index >= 15 is 0 Å². The fraction of sp³-hybridized carbons (Fsp3) is 0.250. The summed E-state index contributed by atoms with van der Waals surface area (Å²) < 4.78 is 5.33. The van der Waals surface area contributed by atoms with Gasteiger partial charge >= 0.3 is 0 Å². The van der Waals surface area contributed by atoms with Gasteiger partial charge in [0.15, 0.2) is 0 Å². The molecular formula is C20H20Cl2N4O2. The molecule has 28 heavy (non-hydrogen) atoms. The molecule has 0 radical (unpaired) electrons. The van der Waals surface area contributed by atoms with Gasteiger partial charge < -0.3 is 9.84 Å². The second kappa shape index (κ2) is 9.19. The van der Waals surface area contributed by atoms with Gasteiger partial charge in [0.05, 0.1) is 13.1 Å². The molecule has 0 spiro atoms. The van der Waals surface area contributed by atoms with E-state index in [4.69, 9.17) is 27.7 Å². The molecule has 1 N–H and O–H groups in total. The summed E-state index contributed by atoms with van der Waals surface area (Å²) >= 11 is 11.9. The summed E-state index contributed by atoms with van der Waals surface area (Å²) in [5.41, 5.74) is 2.47. The van der Waals surface area contributed by atoms with E-state index in [9.17, 15) is 4.79 Å². The van der Waals surface area contributed by atoms with Crippen LogP contribution in [-0.2, 0) is 11.3 Å². The molecule has 1 amide bonds. The van der Waals surface area contributed by atoms with Crippen molar-refractivity contribution in [1.29, 1.82) is 0 Å². The lowest BCUT2D eigenvalue weighted by atomic mass is 10.2. The normalized spacial score (nSPS) is 11.0. The quantitative estimate of drug-likeness (QED) is 0.595. The van der Waals surface area contributed by atoms with Crippen LogP contribution >= 0.6 is 23.2 Å². The van der Waals surface area contributed by atoms with Crippen LogP contribution in [-0.4, -0.2) is 34.0 Å². The Labute approximate surface area is 173 Å². The van der Waals surface area contributed by atoms with E-state index in [2.05, 4.69) is 15.5 Å². The number of hydrogen-bond donors (Lipinski definition) is 1. The molecule has 3 rings (SSSR count). The molecule has 0 aliphatic rings. The van der Waals surface area contributed by atoms with Crippen molar-refractivity contribution in [3.63, 3.8) is 0 Å². The number of likely N-dealkylation sites (N-methyl/N-ethyl adjacent to an activating group) is 1. The van der Waals surface area contributed by atoms with Crippen LogP contribution in [0.15, 0.2) is 47.0 Å². The Balaban J connectivity index is 1.62. The van der Waals surface area contributed by atoms with Gasteiger partial charge in [-0.3, -0.25) is 9.69 Å². The summed E-state index contributed by atoms with van der Waals surface area (Å²) in [6.45, 7) is 5.11. The molecule has 0 aliphatic carbocycles. The van der Waals surface area contributed by atoms with Crippen LogP contribution in [0.25, 0.3) is 11.4 Å². The Kier molecular flexibility index (Phi) is 6.67. The molecule has 2 aromatic carbocycles. The third-order valence-corrected chi connectivity index (χ3v) is 4.70. The first-order chi connectivity index (χ1) is 13.4. The highest BCUT2D eigenvalue weighted by atomic mass is 35.5. The molecule has 0 bridgehead atoms. The van der Waals surface area contributed by atoms with Crippen molar-refractivity contribution in [2.45, 2.75) is 20.4 Å². The highest BCUT2D eigenvalue weighted by molar-refractivity contribution is 6.31. The molecule has 0 saturated carbocycles. The Bertz CT molecular complexity index is 957. The largest absolute Gasteiger partial charge is 0.338 e. The number of nitrogens with one attached hydrogen (secondary N) is 1. The van der Waals surface area contributed by atoms with Gasteiger partial charge in [-0.2, -0.15) is 4.98 Å². The minimum atomic E-state index is -0.135. The fourth-order valence-corrected chi connectivity index (χ4v) is 2.93. The summed E-state index contributed by atoms with van der Waals surface area (Å²) in [4.78, 5) is 18.7. The molecule has 3 aromatic rings. The number of aromatic nitrogens is 2. The van der Waals surface area contributed by atoms with Gasteiger partial charge in [0.1, 0.15) is 0 Å². The van der Waals surface area contributed by atoms with E-state index in [0.717, 1.165) is 11.1 Å². The van der Waals surface area contributed by atoms with Gasteiger partial charge in [-0.15, -0.1) is 0 Å². The van der Waals surface area contributed by atoms with Gasteiger partial charge in [-0.25, -0.2) is 0 Å². The zero-order valence-electron chi connectivity index (χ0n) is 15.6. The maximum atomic E-state index is 12.4. The number of carbonyl (C=O) groups excluding carboxylic acids is 1. The predicted molar refractivity (Wildman–Crippen MR) is 111 cm³/mol. The van der Waals surface area contributed by atoms with Crippen molar-refractivity contribution < 1.29 is 9.32 Å². The fourth-order valence-electron chi connectivity index (χ4n) is 2.63. The van der Waals surface area contributed by atoms with Crippen molar-refractivity contribution in [3.05, 3.63) is 64.0 Å². The molecule has 0 fully saturated rings. The van der Waals surface area contributed by atoms with Crippen LogP contribution < -0.4 is 5.32 Å². The zero-order chi connectivity index (χ0) is 20.1. The van der Waals surface area contributed by atoms with Gasteiger partial charge in [0, 0.05) is 21.3 Å². The van der Waals surface area contributed by atoms with E-state index in [1.54, 1.807) is 24.3 Å². The minimum absolute atomic E-state index is 0.135. The van der Waals surface area contributed by atoms with E-state index in [1.165, 1.54) is 0 Å². The average molecular weight is 419 g/mol. The highest BCUT2D eigenvalue weighted by Gasteiger charge is 2.15. The minimum Gasteiger partial charge on any atom is -0.338 e. The molecule has 0 unspecified atom stereocenters. The molecule has 1 heterocycles. The van der Waals surface area contributed by atoms with Gasteiger partial charge in [0.25, 0.3) is 0 Å². The SMILES string of the molecule is CCN(CC(=O)Nc1cc(Cl)ccc1C)Cc1nc(-c2ccc(Cl)cc2)no1. The van der Waals surface area contributed by atoms with E-state index < -0.39 is 0 Å². The maximum Gasteiger partial charge on any atom is 0.241 e. The molecular weight excluding hydrogens is 399 g/mol. The van der Waals surface area contributed by atoms with Crippen molar-refractivity contribution in [2.75, 3.05) is 18.4 Å². The highest BCUT2D eigenvalue weighted by Crippen LogP contribution is 2.21.